The second kappa shape index (κ2) is 14.4. The molecule has 10 heteroatoms. The Kier molecular flexibility index (Phi) is 11.2. The molecule has 1 saturated heterocycles. The third kappa shape index (κ3) is 8.73. The highest BCUT2D eigenvalue weighted by atomic mass is 16.5. The van der Waals surface area contributed by atoms with Crippen LogP contribution >= 0.6 is 0 Å². The van der Waals surface area contributed by atoms with Crippen molar-refractivity contribution in [2.45, 2.75) is 79.1 Å². The van der Waals surface area contributed by atoms with Crippen molar-refractivity contribution in [1.29, 1.82) is 0 Å². The molecule has 1 fully saturated rings. The van der Waals surface area contributed by atoms with Gasteiger partial charge in [-0.2, -0.15) is 0 Å². The van der Waals surface area contributed by atoms with Crippen molar-refractivity contribution in [3.05, 3.63) is 53.8 Å². The third-order valence-electron chi connectivity index (χ3n) is 7.57. The molecule has 3 heterocycles. The number of ketones is 1. The van der Waals surface area contributed by atoms with Gasteiger partial charge in [-0.1, -0.05) is 64.5 Å². The standard InChI is InChI=1S/C31H43N3O7/c1-18(2)24-11-13-34-28(24)31(39)41-29(19(3)4)21(6)9-10-26(37)32-12-7-8-20(5)14-22(35)15-23(36)16-27-33-25(17-40-27)30(34)38/h7-10,14,17-19,21-22,24,28-29,35H,11-13,15-16H2,1-6H3,(H,32,37)/b8-7?,10-9+,20-14?/t21-,22-,24?,28-,29-/m1/s1. The van der Waals surface area contributed by atoms with Gasteiger partial charge in [0.25, 0.3) is 5.91 Å². The molecule has 2 aliphatic rings. The fraction of sp³-hybridized carbons (Fsp3) is 0.581. The molecule has 224 valence electrons. The number of aromatic nitrogens is 1. The van der Waals surface area contributed by atoms with Crippen molar-refractivity contribution in [2.75, 3.05) is 13.1 Å². The second-order valence-electron chi connectivity index (χ2n) is 11.7. The van der Waals surface area contributed by atoms with E-state index >= 15 is 0 Å². The van der Waals surface area contributed by atoms with Crippen LogP contribution in [0.2, 0.25) is 0 Å². The summed E-state index contributed by atoms with van der Waals surface area (Å²) in [6.07, 6.45) is 8.18. The van der Waals surface area contributed by atoms with Crippen molar-refractivity contribution in [1.82, 2.24) is 15.2 Å². The molecule has 2 N–H and O–H groups in total. The van der Waals surface area contributed by atoms with Crippen LogP contribution in [0, 0.1) is 23.7 Å². The van der Waals surface area contributed by atoms with E-state index in [0.717, 1.165) is 5.57 Å². The number of aliphatic hydroxyl groups excluding tert-OH is 1. The molecule has 2 aliphatic heterocycles. The number of nitrogens with zero attached hydrogens (tertiary/aromatic N) is 2. The highest BCUT2D eigenvalue weighted by molar-refractivity contribution is 5.95. The van der Waals surface area contributed by atoms with E-state index in [-0.39, 0.29) is 66.3 Å². The van der Waals surface area contributed by atoms with Crippen molar-refractivity contribution in [2.24, 2.45) is 23.7 Å². The number of oxazole rings is 1. The van der Waals surface area contributed by atoms with Crippen molar-refractivity contribution in [3.63, 3.8) is 0 Å². The van der Waals surface area contributed by atoms with Gasteiger partial charge in [0.2, 0.25) is 11.8 Å². The van der Waals surface area contributed by atoms with Gasteiger partial charge in [-0.25, -0.2) is 9.78 Å². The maximum atomic E-state index is 13.7. The highest BCUT2D eigenvalue weighted by Gasteiger charge is 2.46. The molecule has 10 nitrogen and oxygen atoms in total. The molecule has 0 saturated carbocycles. The first kappa shape index (κ1) is 32.0. The van der Waals surface area contributed by atoms with Crippen molar-refractivity contribution >= 4 is 23.6 Å². The van der Waals surface area contributed by atoms with E-state index in [2.05, 4.69) is 10.3 Å². The lowest BCUT2D eigenvalue weighted by Crippen LogP contribution is -2.47. The first-order valence-corrected chi connectivity index (χ1v) is 14.3. The van der Waals surface area contributed by atoms with E-state index in [1.807, 2.05) is 34.6 Å². The van der Waals surface area contributed by atoms with Crippen LogP contribution in [-0.2, 0) is 25.5 Å². The van der Waals surface area contributed by atoms with Crippen LogP contribution < -0.4 is 5.32 Å². The summed E-state index contributed by atoms with van der Waals surface area (Å²) in [4.78, 5) is 57.9. The van der Waals surface area contributed by atoms with Crippen LogP contribution in [0.3, 0.4) is 0 Å². The number of carbonyl (C=O) groups excluding carboxylic acids is 4. The molecule has 3 rings (SSSR count). The van der Waals surface area contributed by atoms with E-state index in [1.165, 1.54) is 17.2 Å². The molecule has 5 atom stereocenters. The molecule has 0 aliphatic carbocycles. The lowest BCUT2D eigenvalue weighted by molar-refractivity contribution is -0.159. The zero-order valence-electron chi connectivity index (χ0n) is 24.8. The molecule has 1 aromatic rings. The first-order chi connectivity index (χ1) is 19.4. The number of ether oxygens (including phenoxy) is 1. The normalized spacial score (nSPS) is 28.4. The Morgan fingerprint density at radius 2 is 1.83 bits per heavy atom. The Morgan fingerprint density at radius 1 is 1.10 bits per heavy atom. The first-order valence-electron chi connectivity index (χ1n) is 14.3. The van der Waals surface area contributed by atoms with Gasteiger partial charge in [-0.05, 0) is 37.2 Å². The number of Topliss-reactive ketones (excluding diaryl/α,β-unsaturated/α-hetero) is 1. The average molecular weight is 570 g/mol. The van der Waals surface area contributed by atoms with E-state index in [4.69, 9.17) is 9.15 Å². The molecule has 41 heavy (non-hydrogen) atoms. The summed E-state index contributed by atoms with van der Waals surface area (Å²) in [6.45, 7) is 12.2. The number of cyclic esters (lactones) is 1. The minimum atomic E-state index is -1.01. The Bertz CT molecular complexity index is 1200. The number of aliphatic hydroxyl groups is 1. The fourth-order valence-electron chi connectivity index (χ4n) is 5.44. The van der Waals surface area contributed by atoms with Crippen LogP contribution in [0.15, 0.2) is 46.6 Å². The summed E-state index contributed by atoms with van der Waals surface area (Å²) in [5, 5.41) is 13.1. The molecule has 0 radical (unpaired) electrons. The number of rotatable bonds is 2. The summed E-state index contributed by atoms with van der Waals surface area (Å²) in [7, 11) is 0. The number of amides is 2. The number of nitrogens with one attached hydrogen (secondary N) is 1. The molecular weight excluding hydrogens is 526 g/mol. The summed E-state index contributed by atoms with van der Waals surface area (Å²) in [5.74, 6) is -1.77. The smallest absolute Gasteiger partial charge is 0.329 e. The number of esters is 1. The number of fused-ring (bicyclic) bond motifs is 3. The quantitative estimate of drug-likeness (QED) is 0.517. The predicted molar refractivity (Wildman–Crippen MR) is 153 cm³/mol. The SMILES string of the molecule is CC1=C[C@@H](O)CC(=O)Cc2nc(co2)C(=O)N2CCC(C(C)C)[C@@H]2C(=O)O[C@H](C(C)C)[C@H](C)/C=C/C(=O)NCC=C1. The lowest BCUT2D eigenvalue weighted by atomic mass is 9.88. The van der Waals surface area contributed by atoms with E-state index in [0.29, 0.717) is 13.0 Å². The third-order valence-corrected chi connectivity index (χ3v) is 7.57. The molecule has 2 amide bonds. The summed E-state index contributed by atoms with van der Waals surface area (Å²) in [6, 6.07) is -0.802. The minimum absolute atomic E-state index is 0.0116. The zero-order valence-corrected chi connectivity index (χ0v) is 24.8. The summed E-state index contributed by atoms with van der Waals surface area (Å²) < 4.78 is 11.5. The van der Waals surface area contributed by atoms with Crippen LogP contribution in [-0.4, -0.2) is 69.9 Å². The fourth-order valence-corrected chi connectivity index (χ4v) is 5.44. The molecule has 1 unspecified atom stereocenters. The lowest BCUT2D eigenvalue weighted by Gasteiger charge is -2.32. The van der Waals surface area contributed by atoms with Gasteiger partial charge in [0.1, 0.15) is 24.2 Å². The van der Waals surface area contributed by atoms with Gasteiger partial charge < -0.3 is 24.5 Å². The highest BCUT2D eigenvalue weighted by Crippen LogP contribution is 2.33. The van der Waals surface area contributed by atoms with Gasteiger partial charge in [0.15, 0.2) is 5.69 Å². The van der Waals surface area contributed by atoms with E-state index in [9.17, 15) is 24.3 Å². The zero-order chi connectivity index (χ0) is 30.3. The topological polar surface area (TPSA) is 139 Å². The number of hydrogen-bond donors (Lipinski definition) is 2. The minimum Gasteiger partial charge on any atom is -0.460 e. The second-order valence-corrected chi connectivity index (χ2v) is 11.7. The Balaban J connectivity index is 1.93. The van der Waals surface area contributed by atoms with E-state index < -0.39 is 30.1 Å². The maximum Gasteiger partial charge on any atom is 0.329 e. The number of carbonyl (C=O) groups is 4. The van der Waals surface area contributed by atoms with Gasteiger partial charge in [0.05, 0.1) is 12.5 Å². The van der Waals surface area contributed by atoms with Gasteiger partial charge in [-0.3, -0.25) is 14.4 Å². The van der Waals surface area contributed by atoms with Crippen LogP contribution in [0.25, 0.3) is 0 Å². The molecule has 1 aromatic heterocycles. The summed E-state index contributed by atoms with van der Waals surface area (Å²) in [5.41, 5.74) is 0.741. The van der Waals surface area contributed by atoms with Crippen molar-refractivity contribution in [3.8, 4) is 0 Å². The van der Waals surface area contributed by atoms with E-state index in [1.54, 1.807) is 31.2 Å². The van der Waals surface area contributed by atoms with Gasteiger partial charge in [0, 0.05) is 25.4 Å². The Morgan fingerprint density at radius 3 is 2.51 bits per heavy atom. The monoisotopic (exact) mass is 569 g/mol. The van der Waals surface area contributed by atoms with Crippen LogP contribution in [0.5, 0.6) is 0 Å². The Labute approximate surface area is 241 Å². The molecular formula is C31H43N3O7. The predicted octanol–water partition coefficient (Wildman–Crippen LogP) is 3.42. The Hall–Kier alpha value is -3.53. The van der Waals surface area contributed by atoms with Crippen LogP contribution in [0.4, 0.5) is 0 Å². The largest absolute Gasteiger partial charge is 0.460 e. The molecule has 2 bridgehead atoms. The van der Waals surface area contributed by atoms with Crippen molar-refractivity contribution < 1.29 is 33.4 Å². The summed E-state index contributed by atoms with van der Waals surface area (Å²) >= 11 is 0. The number of hydrogen-bond acceptors (Lipinski definition) is 8. The molecule has 0 spiro atoms. The van der Waals surface area contributed by atoms with Crippen LogP contribution in [0.1, 0.15) is 70.8 Å². The van der Waals surface area contributed by atoms with Gasteiger partial charge >= 0.3 is 5.97 Å². The number of allylic oxidation sites excluding steroid dienone is 2. The van der Waals surface area contributed by atoms with Gasteiger partial charge in [-0.15, -0.1) is 0 Å². The average Bonchev–Trinajstić information content (AvgIpc) is 3.54. The maximum absolute atomic E-state index is 13.7. The molecule has 0 aromatic carbocycles.